The molecule has 0 aliphatic heterocycles. The van der Waals surface area contributed by atoms with Gasteiger partial charge in [-0.3, -0.25) is 0 Å². The van der Waals surface area contributed by atoms with Crippen LogP contribution in [0.2, 0.25) is 0 Å². The van der Waals surface area contributed by atoms with Crippen molar-refractivity contribution >= 4 is 17.9 Å². The number of aliphatic hydroxyl groups is 3. The molecule has 0 aromatic heterocycles. The number of hydrogen-bond donors (Lipinski definition) is 3. The van der Waals surface area contributed by atoms with E-state index in [9.17, 15) is 29.7 Å². The molecule has 0 fully saturated rings. The predicted octanol–water partition coefficient (Wildman–Crippen LogP) is 4.62. The normalized spacial score (nSPS) is 13.6. The van der Waals surface area contributed by atoms with Crippen molar-refractivity contribution in [2.24, 2.45) is 0 Å². The molecule has 3 unspecified atom stereocenters. The van der Waals surface area contributed by atoms with Crippen LogP contribution in [-0.2, 0) is 34.0 Å². The molecule has 284 valence electrons. The molecule has 3 N–H and O–H groups in total. The molecule has 0 amide bonds. The van der Waals surface area contributed by atoms with Crippen LogP contribution in [0.3, 0.4) is 0 Å². The molecule has 0 heterocycles. The van der Waals surface area contributed by atoms with Crippen LogP contribution in [0.25, 0.3) is 0 Å². The smallest absolute Gasteiger partial charge is 0.333 e. The summed E-state index contributed by atoms with van der Waals surface area (Å²) in [6, 6.07) is 22.1. The number of aliphatic hydroxyl groups excluding tert-OH is 3. The van der Waals surface area contributed by atoms with Gasteiger partial charge in [0.1, 0.15) is 75.2 Å². The Kier molecular flexibility index (Phi) is 15.8. The molecule has 12 nitrogen and oxygen atoms in total. The third-order valence-corrected chi connectivity index (χ3v) is 7.89. The Bertz CT molecular complexity index is 1510. The standard InChI is InChI=1S/C41H48O12/c1-26(2)38(45)51-23-32(42)20-48-35-14-8-29(9-15-35)41(7,30-10-16-36(17-11-30)49-21-33(43)24-52-39(46)27(3)4)31-12-18-37(19-13-31)50-22-34(44)25-53-40(47)28(5)6/h8-19,32-34,42-44H,1,3,5,20-25H2,2,4,6-7H3. The van der Waals surface area contributed by atoms with Gasteiger partial charge in [0, 0.05) is 22.1 Å². The highest BCUT2D eigenvalue weighted by molar-refractivity contribution is 5.87. The van der Waals surface area contributed by atoms with Gasteiger partial charge in [0.25, 0.3) is 0 Å². The highest BCUT2D eigenvalue weighted by Gasteiger charge is 2.31. The summed E-state index contributed by atoms with van der Waals surface area (Å²) in [4.78, 5) is 34.9. The van der Waals surface area contributed by atoms with Crippen LogP contribution in [0.4, 0.5) is 0 Å². The third kappa shape index (κ3) is 12.9. The topological polar surface area (TPSA) is 167 Å². The van der Waals surface area contributed by atoms with E-state index in [0.717, 1.165) is 16.7 Å². The minimum atomic E-state index is -1.04. The molecule has 53 heavy (non-hydrogen) atoms. The van der Waals surface area contributed by atoms with Crippen LogP contribution >= 0.6 is 0 Å². The van der Waals surface area contributed by atoms with E-state index in [1.54, 1.807) is 36.4 Å². The van der Waals surface area contributed by atoms with E-state index >= 15 is 0 Å². The van der Waals surface area contributed by atoms with Crippen molar-refractivity contribution < 1.29 is 58.1 Å². The molecular weight excluding hydrogens is 684 g/mol. The molecule has 3 aromatic rings. The van der Waals surface area contributed by atoms with Gasteiger partial charge in [-0.1, -0.05) is 56.1 Å². The summed E-state index contributed by atoms with van der Waals surface area (Å²) >= 11 is 0. The number of benzene rings is 3. The number of hydrogen-bond acceptors (Lipinski definition) is 12. The molecule has 0 radical (unpaired) electrons. The molecule has 0 aliphatic rings. The fourth-order valence-corrected chi connectivity index (χ4v) is 4.76. The second-order valence-corrected chi connectivity index (χ2v) is 12.7. The summed E-state index contributed by atoms with van der Waals surface area (Å²) in [5.74, 6) is -0.294. The zero-order valence-electron chi connectivity index (χ0n) is 30.5. The lowest BCUT2D eigenvalue weighted by atomic mass is 9.71. The highest BCUT2D eigenvalue weighted by atomic mass is 16.6. The zero-order valence-corrected chi connectivity index (χ0v) is 30.5. The first kappa shape index (κ1) is 42.0. The van der Waals surface area contributed by atoms with Crippen LogP contribution < -0.4 is 14.2 Å². The lowest BCUT2D eigenvalue weighted by Crippen LogP contribution is -2.27. The molecule has 12 heteroatoms. The Labute approximate surface area is 309 Å². The van der Waals surface area contributed by atoms with Crippen LogP contribution in [0.15, 0.2) is 109 Å². The summed E-state index contributed by atoms with van der Waals surface area (Å²) in [7, 11) is 0. The fraction of sp³-hybridized carbons (Fsp3) is 0.341. The quantitative estimate of drug-likeness (QED) is 0.0603. The maximum atomic E-state index is 11.6. The Balaban J connectivity index is 1.78. The van der Waals surface area contributed by atoms with Gasteiger partial charge in [-0.15, -0.1) is 0 Å². The lowest BCUT2D eigenvalue weighted by molar-refractivity contribution is -0.143. The zero-order chi connectivity index (χ0) is 39.1. The van der Waals surface area contributed by atoms with Gasteiger partial charge in [-0.05, 0) is 80.8 Å². The molecule has 0 aliphatic carbocycles. The van der Waals surface area contributed by atoms with Gasteiger partial charge in [-0.2, -0.15) is 0 Å². The number of esters is 3. The summed E-state index contributed by atoms with van der Waals surface area (Å²) in [6.45, 7) is 16.2. The number of carbonyl (C=O) groups excluding carboxylic acids is 3. The van der Waals surface area contributed by atoms with Gasteiger partial charge in [0.2, 0.25) is 0 Å². The Morgan fingerprint density at radius 1 is 0.491 bits per heavy atom. The monoisotopic (exact) mass is 732 g/mol. The van der Waals surface area contributed by atoms with Gasteiger partial charge in [-0.25, -0.2) is 14.4 Å². The number of ether oxygens (including phenoxy) is 6. The summed E-state index contributed by atoms with van der Waals surface area (Å²) in [5.41, 5.74) is 2.66. The van der Waals surface area contributed by atoms with E-state index in [2.05, 4.69) is 19.7 Å². The van der Waals surface area contributed by atoms with Crippen molar-refractivity contribution in [1.29, 1.82) is 0 Å². The average molecular weight is 733 g/mol. The van der Waals surface area contributed by atoms with Crippen LogP contribution in [-0.4, -0.2) is 91.2 Å². The third-order valence-electron chi connectivity index (χ3n) is 7.89. The Hall–Kier alpha value is -5.43. The van der Waals surface area contributed by atoms with Gasteiger partial charge in [0.05, 0.1) is 0 Å². The van der Waals surface area contributed by atoms with Crippen LogP contribution in [0, 0.1) is 0 Å². The maximum Gasteiger partial charge on any atom is 0.333 e. The van der Waals surface area contributed by atoms with Gasteiger partial charge >= 0.3 is 17.9 Å². The molecule has 0 bridgehead atoms. The number of carbonyl (C=O) groups is 3. The van der Waals surface area contributed by atoms with Gasteiger partial charge in [0.15, 0.2) is 0 Å². The minimum absolute atomic E-state index is 0.0982. The maximum absolute atomic E-state index is 11.6. The lowest BCUT2D eigenvalue weighted by Gasteiger charge is -2.32. The number of rotatable bonds is 21. The summed E-state index contributed by atoms with van der Waals surface area (Å²) in [6.07, 6.45) is -3.11. The predicted molar refractivity (Wildman–Crippen MR) is 197 cm³/mol. The van der Waals surface area contributed by atoms with Crippen molar-refractivity contribution in [2.75, 3.05) is 39.6 Å². The molecule has 3 aromatic carbocycles. The second-order valence-electron chi connectivity index (χ2n) is 12.7. The van der Waals surface area contributed by atoms with Crippen molar-refractivity contribution in [3.63, 3.8) is 0 Å². The first-order valence-corrected chi connectivity index (χ1v) is 16.8. The highest BCUT2D eigenvalue weighted by Crippen LogP contribution is 2.40. The van der Waals surface area contributed by atoms with Crippen LogP contribution in [0.1, 0.15) is 44.4 Å². The first-order valence-electron chi connectivity index (χ1n) is 16.8. The van der Waals surface area contributed by atoms with Crippen molar-refractivity contribution in [1.82, 2.24) is 0 Å². The van der Waals surface area contributed by atoms with Crippen molar-refractivity contribution in [3.05, 3.63) is 126 Å². The summed E-state index contributed by atoms with van der Waals surface area (Å²) in [5, 5.41) is 30.6. The largest absolute Gasteiger partial charge is 0.491 e. The van der Waals surface area contributed by atoms with E-state index in [1.807, 2.05) is 43.3 Å². The van der Waals surface area contributed by atoms with E-state index < -0.39 is 41.6 Å². The first-order chi connectivity index (χ1) is 25.1. The van der Waals surface area contributed by atoms with E-state index in [-0.39, 0.29) is 56.4 Å². The van der Waals surface area contributed by atoms with E-state index in [1.165, 1.54) is 20.8 Å². The SMILES string of the molecule is C=C(C)C(=O)OCC(O)COc1ccc(C(C)(c2ccc(OCC(O)COC(=O)C(=C)C)cc2)c2ccc(OCC(O)COC(=O)C(=C)C)cc2)cc1. The molecule has 0 spiro atoms. The molecule has 0 saturated heterocycles. The molecule has 3 atom stereocenters. The van der Waals surface area contributed by atoms with Crippen LogP contribution in [0.5, 0.6) is 17.2 Å². The second kappa shape index (κ2) is 20.0. The summed E-state index contributed by atoms with van der Waals surface area (Å²) < 4.78 is 32.2. The van der Waals surface area contributed by atoms with Crippen molar-refractivity contribution in [3.8, 4) is 17.2 Å². The van der Waals surface area contributed by atoms with E-state index in [0.29, 0.717) is 17.2 Å². The fourth-order valence-electron chi connectivity index (χ4n) is 4.76. The molecular formula is C41H48O12. The minimum Gasteiger partial charge on any atom is -0.491 e. The average Bonchev–Trinajstić information content (AvgIpc) is 3.15. The Morgan fingerprint density at radius 2 is 0.717 bits per heavy atom. The molecule has 0 saturated carbocycles. The molecule has 3 rings (SSSR count). The van der Waals surface area contributed by atoms with E-state index in [4.69, 9.17) is 28.4 Å². The Morgan fingerprint density at radius 3 is 0.925 bits per heavy atom. The van der Waals surface area contributed by atoms with Gasteiger partial charge < -0.3 is 43.7 Å². The van der Waals surface area contributed by atoms with Crippen molar-refractivity contribution in [2.45, 2.75) is 51.4 Å².